The second kappa shape index (κ2) is 40.0. The highest BCUT2D eigenvalue weighted by molar-refractivity contribution is 5.94. The van der Waals surface area contributed by atoms with Crippen LogP contribution in [0.3, 0.4) is 0 Å². The molecule has 0 saturated carbocycles. The molecule has 1 heterocycles. The fraction of sp³-hybridized carbons (Fsp3) is 0.400. The molecular formula is C65H63NO6. The molecule has 7 nitrogen and oxygen atoms in total. The Kier molecular flexibility index (Phi) is 32.5. The summed E-state index contributed by atoms with van der Waals surface area (Å²) < 4.78 is 25.8. The van der Waals surface area contributed by atoms with Crippen molar-refractivity contribution in [3.63, 3.8) is 0 Å². The molecule has 0 aliphatic carbocycles. The van der Waals surface area contributed by atoms with Gasteiger partial charge >= 0.3 is 0 Å². The maximum absolute atomic E-state index is 13.2. The predicted molar refractivity (Wildman–Crippen MR) is 287 cm³/mol. The SMILES string of the molecule is CC#CC#CC#CC#CC#CC#CC#CC#CC#CC#CC#CC#CC(=O)N[C@@H](CO[C@H]1OC(COCc2ccccc2)[C@H](C)[C@H](C)C1OCc1ccccc1)[C@H](O)/C=C/CCCCCCCCCCCC. The summed E-state index contributed by atoms with van der Waals surface area (Å²) in [6, 6.07) is 19.1. The molecule has 1 fully saturated rings. The van der Waals surface area contributed by atoms with Crippen LogP contribution in [-0.4, -0.2) is 54.9 Å². The van der Waals surface area contributed by atoms with Crippen molar-refractivity contribution in [3.05, 3.63) is 83.9 Å². The van der Waals surface area contributed by atoms with E-state index in [1.807, 2.05) is 66.7 Å². The zero-order valence-electron chi connectivity index (χ0n) is 42.1. The van der Waals surface area contributed by atoms with Gasteiger partial charge in [-0.05, 0) is 137 Å². The molecule has 7 atom stereocenters. The lowest BCUT2D eigenvalue weighted by molar-refractivity contribution is -0.291. The van der Waals surface area contributed by atoms with Crippen molar-refractivity contribution in [3.8, 4) is 142 Å². The fourth-order valence-electron chi connectivity index (χ4n) is 6.97. The van der Waals surface area contributed by atoms with Crippen molar-refractivity contribution in [2.45, 2.75) is 142 Å². The van der Waals surface area contributed by atoms with Gasteiger partial charge in [0, 0.05) is 41.4 Å². The van der Waals surface area contributed by atoms with Gasteiger partial charge in [0.2, 0.25) is 0 Å². The van der Waals surface area contributed by atoms with E-state index in [1.54, 1.807) is 13.0 Å². The molecule has 0 aromatic heterocycles. The summed E-state index contributed by atoms with van der Waals surface area (Å²) >= 11 is 0. The lowest BCUT2D eigenvalue weighted by Crippen LogP contribution is -2.54. The number of benzene rings is 2. The molecule has 3 rings (SSSR count). The number of hydrogen-bond donors (Lipinski definition) is 2. The Morgan fingerprint density at radius 1 is 0.611 bits per heavy atom. The summed E-state index contributed by atoms with van der Waals surface area (Å²) in [5, 5.41) is 14.3. The first-order valence-corrected chi connectivity index (χ1v) is 24.5. The number of rotatable bonds is 24. The van der Waals surface area contributed by atoms with Crippen LogP contribution in [0.2, 0.25) is 0 Å². The van der Waals surface area contributed by atoms with Gasteiger partial charge in [-0.25, -0.2) is 0 Å². The van der Waals surface area contributed by atoms with Crippen LogP contribution < -0.4 is 5.32 Å². The van der Waals surface area contributed by atoms with Gasteiger partial charge in [0.05, 0.1) is 44.7 Å². The Morgan fingerprint density at radius 3 is 1.57 bits per heavy atom. The summed E-state index contributed by atoms with van der Waals surface area (Å²) in [7, 11) is 0. The van der Waals surface area contributed by atoms with Crippen molar-refractivity contribution < 1.29 is 28.8 Å². The molecule has 72 heavy (non-hydrogen) atoms. The van der Waals surface area contributed by atoms with E-state index < -0.39 is 30.4 Å². The first-order valence-electron chi connectivity index (χ1n) is 24.5. The van der Waals surface area contributed by atoms with Gasteiger partial charge in [0.25, 0.3) is 5.91 Å². The van der Waals surface area contributed by atoms with Crippen LogP contribution in [0.25, 0.3) is 0 Å². The van der Waals surface area contributed by atoms with E-state index >= 15 is 0 Å². The molecule has 0 radical (unpaired) electrons. The van der Waals surface area contributed by atoms with Crippen molar-refractivity contribution in [2.75, 3.05) is 13.2 Å². The molecule has 1 amide bonds. The third-order valence-electron chi connectivity index (χ3n) is 11.0. The maximum atomic E-state index is 13.2. The van der Waals surface area contributed by atoms with Gasteiger partial charge in [0.1, 0.15) is 6.10 Å². The zero-order chi connectivity index (χ0) is 51.4. The lowest BCUT2D eigenvalue weighted by Gasteiger charge is -2.44. The first-order chi connectivity index (χ1) is 35.4. The number of ether oxygens (including phenoxy) is 4. The lowest BCUT2D eigenvalue weighted by atomic mass is 9.83. The second-order valence-corrected chi connectivity index (χ2v) is 16.5. The summed E-state index contributed by atoms with van der Waals surface area (Å²) in [5.41, 5.74) is 2.09. The van der Waals surface area contributed by atoms with Crippen LogP contribution in [0.4, 0.5) is 0 Å². The van der Waals surface area contributed by atoms with Gasteiger partial charge in [0.15, 0.2) is 6.29 Å². The van der Waals surface area contributed by atoms with Crippen LogP contribution in [0.1, 0.15) is 109 Å². The summed E-state index contributed by atoms with van der Waals surface area (Å²) in [6.07, 6.45) is 14.3. The molecule has 1 aliphatic rings. The molecule has 0 spiro atoms. The molecule has 2 unspecified atom stereocenters. The third kappa shape index (κ3) is 28.0. The third-order valence-corrected chi connectivity index (χ3v) is 11.0. The maximum Gasteiger partial charge on any atom is 0.297 e. The summed E-state index contributed by atoms with van der Waals surface area (Å²) in [6.45, 7) is 9.27. The molecule has 0 bridgehead atoms. The number of hydrogen-bond acceptors (Lipinski definition) is 6. The van der Waals surface area contributed by atoms with E-state index in [4.69, 9.17) is 18.9 Å². The minimum Gasteiger partial charge on any atom is -0.387 e. The number of unbranched alkanes of at least 4 members (excludes halogenated alkanes) is 10. The number of amides is 1. The molecule has 2 aromatic rings. The minimum atomic E-state index is -1.08. The standard InChI is InChI=1S/C65H63NO6/c1-5-7-9-11-13-15-17-19-20-21-22-23-24-25-26-27-28-29-31-33-35-37-45-51-63(68)66-60(61(67)50-44-36-34-32-30-18-16-14-12-10-8-6-2)54-71-65-64(70-53-59-48-42-39-43-49-59)57(4)56(3)62(72-65)55-69-52-58-46-40-38-41-47-58/h38-44,46-50,56-57,60-62,64-65,67H,6,8,10,12,14,16,18,30,32,34,36,52-55H2,1-4H3,(H,66,68)/b50-44+/t56-,57+,60+,61-,62?,64?,65+/m1/s1. The topological polar surface area (TPSA) is 86.3 Å². The van der Waals surface area contributed by atoms with E-state index in [1.165, 1.54) is 51.4 Å². The molecule has 1 aliphatic heterocycles. The number of nitrogens with one attached hydrogen (secondary N) is 1. The molecule has 1 saturated heterocycles. The smallest absolute Gasteiger partial charge is 0.297 e. The van der Waals surface area contributed by atoms with Crippen molar-refractivity contribution in [1.82, 2.24) is 5.32 Å². The number of carbonyl (C=O) groups excluding carboxylic acids is 1. The highest BCUT2D eigenvalue weighted by Crippen LogP contribution is 2.34. The Bertz CT molecular complexity index is 2810. The molecule has 2 aromatic carbocycles. The molecule has 2 N–H and O–H groups in total. The van der Waals surface area contributed by atoms with Crippen LogP contribution in [0, 0.1) is 154 Å². The average Bonchev–Trinajstić information content (AvgIpc) is 3.39. The Balaban J connectivity index is 1.66. The Morgan fingerprint density at radius 2 is 1.07 bits per heavy atom. The van der Waals surface area contributed by atoms with Crippen molar-refractivity contribution in [2.24, 2.45) is 11.8 Å². The average molecular weight is 954 g/mol. The molecule has 364 valence electrons. The minimum absolute atomic E-state index is 0.0202. The van der Waals surface area contributed by atoms with Crippen LogP contribution in [0.15, 0.2) is 72.8 Å². The van der Waals surface area contributed by atoms with Gasteiger partial charge in [-0.1, -0.05) is 157 Å². The van der Waals surface area contributed by atoms with Gasteiger partial charge in [-0.2, -0.15) is 0 Å². The largest absolute Gasteiger partial charge is 0.387 e. The predicted octanol–water partition coefficient (Wildman–Crippen LogP) is 8.58. The molecule has 7 heteroatoms. The normalized spacial score (nSPS) is 16.3. The van der Waals surface area contributed by atoms with Crippen molar-refractivity contribution >= 4 is 5.91 Å². The van der Waals surface area contributed by atoms with E-state index in [9.17, 15) is 9.90 Å². The molecular weight excluding hydrogens is 891 g/mol. The van der Waals surface area contributed by atoms with E-state index in [2.05, 4.69) is 168 Å². The number of carbonyl (C=O) groups is 1. The fourth-order valence-corrected chi connectivity index (χ4v) is 6.97. The van der Waals surface area contributed by atoms with Gasteiger partial charge in [-0.15, -0.1) is 0 Å². The Hall–Kier alpha value is -7.83. The summed E-state index contributed by atoms with van der Waals surface area (Å²) in [4.78, 5) is 13.2. The number of aliphatic hydroxyl groups is 1. The highest BCUT2D eigenvalue weighted by atomic mass is 16.7. The number of aliphatic hydroxyl groups excluding tert-OH is 1. The van der Waals surface area contributed by atoms with Gasteiger partial charge in [-0.3, -0.25) is 4.79 Å². The van der Waals surface area contributed by atoms with Crippen LogP contribution in [0.5, 0.6) is 0 Å². The number of allylic oxidation sites excluding steroid dienone is 1. The second-order valence-electron chi connectivity index (χ2n) is 16.5. The van der Waals surface area contributed by atoms with Crippen LogP contribution >= 0.6 is 0 Å². The quantitative estimate of drug-likeness (QED) is 0.0624. The van der Waals surface area contributed by atoms with Crippen LogP contribution in [-0.2, 0) is 37.0 Å². The van der Waals surface area contributed by atoms with E-state index in [-0.39, 0.29) is 24.5 Å². The van der Waals surface area contributed by atoms with E-state index in [0.717, 1.165) is 30.4 Å². The van der Waals surface area contributed by atoms with E-state index in [0.29, 0.717) is 19.8 Å². The highest BCUT2D eigenvalue weighted by Gasteiger charge is 2.43. The monoisotopic (exact) mass is 953 g/mol. The Labute approximate surface area is 431 Å². The zero-order valence-corrected chi connectivity index (χ0v) is 42.1. The summed E-state index contributed by atoms with van der Waals surface area (Å²) in [5.74, 6) is 60.4. The van der Waals surface area contributed by atoms with Gasteiger partial charge < -0.3 is 29.4 Å². The van der Waals surface area contributed by atoms with Crippen molar-refractivity contribution in [1.29, 1.82) is 0 Å². The first kappa shape index (κ1) is 58.5.